The number of anilines is 1. The van der Waals surface area contributed by atoms with E-state index in [0.29, 0.717) is 33.4 Å². The van der Waals surface area contributed by atoms with E-state index in [9.17, 15) is 14.4 Å². The van der Waals surface area contributed by atoms with E-state index in [0.717, 1.165) is 19.4 Å². The Labute approximate surface area is 166 Å². The molecule has 0 saturated carbocycles. The third-order valence-electron chi connectivity index (χ3n) is 4.29. The molecule has 10 heteroatoms. The standard InChI is InChI=1S/C18H23N5O4S/c1-2-27-17(25)13-6-5-12(22-13)14-8-11(16(28-14)23-18(19)26)15(24)21-10-4-3-7-20-9-10/h5-6,8,10,20,22H,2-4,7,9H2,1H3,(H,21,24)(H3,19,23,26). The average Bonchev–Trinajstić information content (AvgIpc) is 3.29. The minimum atomic E-state index is -0.750. The molecule has 150 valence electrons. The Kier molecular flexibility index (Phi) is 6.32. The van der Waals surface area contributed by atoms with E-state index < -0.39 is 12.0 Å². The maximum Gasteiger partial charge on any atom is 0.354 e. The number of amides is 3. The number of aromatic amines is 1. The summed E-state index contributed by atoms with van der Waals surface area (Å²) in [6.07, 6.45) is 1.89. The summed E-state index contributed by atoms with van der Waals surface area (Å²) in [5.74, 6) is -0.735. The van der Waals surface area contributed by atoms with Crippen LogP contribution in [0.5, 0.6) is 0 Å². The highest BCUT2D eigenvalue weighted by Gasteiger charge is 2.22. The Hall–Kier alpha value is -2.85. The number of ether oxygens (including phenoxy) is 1. The maximum atomic E-state index is 12.7. The highest BCUT2D eigenvalue weighted by molar-refractivity contribution is 7.20. The summed E-state index contributed by atoms with van der Waals surface area (Å²) in [5, 5.41) is 9.09. The minimum absolute atomic E-state index is 0.0342. The fourth-order valence-electron chi connectivity index (χ4n) is 3.00. The lowest BCUT2D eigenvalue weighted by atomic mass is 10.1. The van der Waals surface area contributed by atoms with E-state index in [-0.39, 0.29) is 18.6 Å². The zero-order valence-corrected chi connectivity index (χ0v) is 16.3. The molecule has 1 aliphatic heterocycles. The number of carbonyl (C=O) groups excluding carboxylic acids is 3. The molecule has 9 nitrogen and oxygen atoms in total. The molecule has 1 unspecified atom stereocenters. The molecule has 0 aromatic carbocycles. The number of piperidine rings is 1. The summed E-state index contributed by atoms with van der Waals surface area (Å²) in [7, 11) is 0. The van der Waals surface area contributed by atoms with Gasteiger partial charge < -0.3 is 26.1 Å². The fourth-order valence-corrected chi connectivity index (χ4v) is 4.04. The lowest BCUT2D eigenvalue weighted by Crippen LogP contribution is -2.45. The quantitative estimate of drug-likeness (QED) is 0.467. The van der Waals surface area contributed by atoms with Gasteiger partial charge in [0.25, 0.3) is 5.91 Å². The van der Waals surface area contributed by atoms with Crippen LogP contribution >= 0.6 is 11.3 Å². The van der Waals surface area contributed by atoms with Crippen LogP contribution in [-0.2, 0) is 4.74 Å². The molecule has 3 rings (SSSR count). The largest absolute Gasteiger partial charge is 0.461 e. The number of aromatic nitrogens is 1. The number of nitrogens with two attached hydrogens (primary N) is 1. The molecule has 1 saturated heterocycles. The monoisotopic (exact) mass is 405 g/mol. The first kappa shape index (κ1) is 19.9. The van der Waals surface area contributed by atoms with E-state index >= 15 is 0 Å². The van der Waals surface area contributed by atoms with Crippen LogP contribution in [0.1, 0.15) is 40.6 Å². The molecule has 0 bridgehead atoms. The first-order valence-electron chi connectivity index (χ1n) is 9.06. The molecule has 3 amide bonds. The molecule has 1 aliphatic rings. The first-order valence-corrected chi connectivity index (χ1v) is 9.88. The zero-order valence-electron chi connectivity index (χ0n) is 15.5. The summed E-state index contributed by atoms with van der Waals surface area (Å²) in [5.41, 5.74) is 6.53. The van der Waals surface area contributed by atoms with Crippen molar-refractivity contribution in [1.82, 2.24) is 15.6 Å². The third-order valence-corrected chi connectivity index (χ3v) is 5.38. The number of hydrogen-bond donors (Lipinski definition) is 5. The van der Waals surface area contributed by atoms with E-state index in [1.807, 2.05) is 0 Å². The van der Waals surface area contributed by atoms with Crippen LogP contribution < -0.4 is 21.7 Å². The van der Waals surface area contributed by atoms with E-state index in [4.69, 9.17) is 10.5 Å². The zero-order chi connectivity index (χ0) is 20.1. The number of rotatable bonds is 6. The van der Waals surface area contributed by atoms with Gasteiger partial charge in [0.1, 0.15) is 10.7 Å². The Balaban J connectivity index is 1.84. The summed E-state index contributed by atoms with van der Waals surface area (Å²) in [6.45, 7) is 3.66. The van der Waals surface area contributed by atoms with Gasteiger partial charge in [-0.05, 0) is 44.5 Å². The summed E-state index contributed by atoms with van der Waals surface area (Å²) >= 11 is 1.20. The lowest BCUT2D eigenvalue weighted by molar-refractivity contribution is 0.0520. The minimum Gasteiger partial charge on any atom is -0.461 e. The number of urea groups is 1. The molecule has 0 spiro atoms. The molecular formula is C18H23N5O4S. The predicted molar refractivity (Wildman–Crippen MR) is 107 cm³/mol. The van der Waals surface area contributed by atoms with Crippen LogP contribution in [0.4, 0.5) is 9.80 Å². The topological polar surface area (TPSA) is 138 Å². The van der Waals surface area contributed by atoms with Crippen LogP contribution in [0.2, 0.25) is 0 Å². The van der Waals surface area contributed by atoms with E-state index in [1.54, 1.807) is 25.1 Å². The molecule has 1 fully saturated rings. The van der Waals surface area contributed by atoms with Gasteiger partial charge in [0, 0.05) is 12.6 Å². The van der Waals surface area contributed by atoms with Gasteiger partial charge in [-0.2, -0.15) is 0 Å². The van der Waals surface area contributed by atoms with Gasteiger partial charge in [-0.1, -0.05) is 0 Å². The molecule has 28 heavy (non-hydrogen) atoms. The van der Waals surface area contributed by atoms with Gasteiger partial charge in [-0.15, -0.1) is 11.3 Å². The van der Waals surface area contributed by atoms with Crippen molar-refractivity contribution in [3.05, 3.63) is 29.5 Å². The molecule has 2 aromatic heterocycles. The van der Waals surface area contributed by atoms with Crippen LogP contribution in [0.3, 0.4) is 0 Å². The molecular weight excluding hydrogens is 382 g/mol. The van der Waals surface area contributed by atoms with Gasteiger partial charge in [0.2, 0.25) is 0 Å². The van der Waals surface area contributed by atoms with E-state index in [2.05, 4.69) is 20.9 Å². The van der Waals surface area contributed by atoms with Gasteiger partial charge in [-0.25, -0.2) is 9.59 Å². The molecule has 0 aliphatic carbocycles. The van der Waals surface area contributed by atoms with Crippen LogP contribution in [-0.4, -0.2) is 48.6 Å². The Morgan fingerprint density at radius 1 is 1.36 bits per heavy atom. The number of hydrogen-bond acceptors (Lipinski definition) is 6. The Morgan fingerprint density at radius 2 is 2.18 bits per heavy atom. The SMILES string of the molecule is CCOC(=O)c1ccc(-c2cc(C(=O)NC3CCCNC3)c(NC(N)=O)s2)[nH]1. The molecule has 1 atom stereocenters. The number of nitrogens with one attached hydrogen (secondary N) is 4. The Bertz CT molecular complexity index is 869. The van der Waals surface area contributed by atoms with Gasteiger partial charge in [-0.3, -0.25) is 10.1 Å². The maximum absolute atomic E-state index is 12.7. The molecule has 2 aromatic rings. The number of esters is 1. The third kappa shape index (κ3) is 4.70. The normalized spacial score (nSPS) is 16.4. The van der Waals surface area contributed by atoms with Crippen molar-refractivity contribution in [2.45, 2.75) is 25.8 Å². The van der Waals surface area contributed by atoms with Crippen molar-refractivity contribution in [2.75, 3.05) is 25.0 Å². The number of thiophene rings is 1. The van der Waals surface area contributed by atoms with Crippen molar-refractivity contribution in [1.29, 1.82) is 0 Å². The van der Waals surface area contributed by atoms with Gasteiger partial charge >= 0.3 is 12.0 Å². The Morgan fingerprint density at radius 3 is 2.86 bits per heavy atom. The second-order valence-corrected chi connectivity index (χ2v) is 7.42. The van der Waals surface area contributed by atoms with Crippen molar-refractivity contribution in [2.24, 2.45) is 5.73 Å². The van der Waals surface area contributed by atoms with Crippen molar-refractivity contribution < 1.29 is 19.1 Å². The average molecular weight is 405 g/mol. The van der Waals surface area contributed by atoms with Crippen molar-refractivity contribution >= 4 is 34.2 Å². The number of primary amides is 1. The number of H-pyrrole nitrogens is 1. The van der Waals surface area contributed by atoms with Crippen molar-refractivity contribution in [3.8, 4) is 10.6 Å². The molecule has 6 N–H and O–H groups in total. The van der Waals surface area contributed by atoms with Crippen LogP contribution in [0.25, 0.3) is 10.6 Å². The van der Waals surface area contributed by atoms with E-state index in [1.165, 1.54) is 11.3 Å². The second-order valence-electron chi connectivity index (χ2n) is 6.37. The second kappa shape index (κ2) is 8.89. The highest BCUT2D eigenvalue weighted by atomic mass is 32.1. The van der Waals surface area contributed by atoms with Crippen LogP contribution in [0, 0.1) is 0 Å². The molecule has 0 radical (unpaired) electrons. The fraction of sp³-hybridized carbons (Fsp3) is 0.389. The predicted octanol–water partition coefficient (Wildman–Crippen LogP) is 1.89. The summed E-state index contributed by atoms with van der Waals surface area (Å²) in [6, 6.07) is 4.29. The van der Waals surface area contributed by atoms with Gasteiger partial charge in [0.15, 0.2) is 0 Å². The first-order chi connectivity index (χ1) is 13.5. The molecule has 3 heterocycles. The number of carbonyl (C=O) groups is 3. The van der Waals surface area contributed by atoms with Crippen LogP contribution in [0.15, 0.2) is 18.2 Å². The summed E-state index contributed by atoms with van der Waals surface area (Å²) in [4.78, 5) is 39.6. The lowest BCUT2D eigenvalue weighted by Gasteiger charge is -2.23. The van der Waals surface area contributed by atoms with Crippen molar-refractivity contribution in [3.63, 3.8) is 0 Å². The van der Waals surface area contributed by atoms with Gasteiger partial charge in [0.05, 0.1) is 22.7 Å². The smallest absolute Gasteiger partial charge is 0.354 e. The highest BCUT2D eigenvalue weighted by Crippen LogP contribution is 2.35. The summed E-state index contributed by atoms with van der Waals surface area (Å²) < 4.78 is 4.97.